The van der Waals surface area contributed by atoms with Crippen molar-refractivity contribution in [2.24, 2.45) is 0 Å². The number of hydrogen-bond donors (Lipinski definition) is 0. The average molecular weight is 587 g/mol. The monoisotopic (exact) mass is 586 g/mol. The van der Waals surface area contributed by atoms with Gasteiger partial charge in [0.25, 0.3) is 0 Å². The quantitative estimate of drug-likeness (QED) is 0.193. The van der Waals surface area contributed by atoms with Gasteiger partial charge in [-0.25, -0.2) is 9.97 Å². The zero-order chi connectivity index (χ0) is 30.2. The molecule has 7 aromatic carbocycles. The van der Waals surface area contributed by atoms with Gasteiger partial charge in [0.05, 0.1) is 16.7 Å². The number of benzene rings is 7. The lowest BCUT2D eigenvalue weighted by Gasteiger charge is -2.17. The molecule has 0 radical (unpaired) electrons. The molecule has 4 heteroatoms. The Labute approximate surface area is 264 Å². The van der Waals surface area contributed by atoms with Crippen molar-refractivity contribution in [1.29, 1.82) is 0 Å². The number of hydrogen-bond acceptors (Lipinski definition) is 2. The third-order valence-corrected chi connectivity index (χ3v) is 9.38. The number of nitrogens with zero attached hydrogens (tertiary/aromatic N) is 4. The number of fused-ring (bicyclic) bond motifs is 11. The molecule has 0 atom stereocenters. The Hall–Kier alpha value is -6.26. The largest absolute Gasteiger partial charge is 0.309 e. The molecule has 3 heterocycles. The van der Waals surface area contributed by atoms with Gasteiger partial charge in [-0.15, -0.1) is 0 Å². The van der Waals surface area contributed by atoms with E-state index in [0.717, 1.165) is 16.9 Å². The van der Waals surface area contributed by atoms with E-state index in [2.05, 4.69) is 143 Å². The van der Waals surface area contributed by atoms with Crippen molar-refractivity contribution in [2.45, 2.75) is 0 Å². The van der Waals surface area contributed by atoms with Crippen LogP contribution in [0.4, 0.5) is 0 Å². The topological polar surface area (TPSA) is 35.1 Å². The van der Waals surface area contributed by atoms with Gasteiger partial charge >= 0.3 is 0 Å². The summed E-state index contributed by atoms with van der Waals surface area (Å²) < 4.78 is 4.42. The predicted octanol–water partition coefficient (Wildman–Crippen LogP) is 10.6. The van der Waals surface area contributed by atoms with Gasteiger partial charge in [-0.3, -0.25) is 4.40 Å². The summed E-state index contributed by atoms with van der Waals surface area (Å²) in [5.74, 6) is 0.702. The minimum absolute atomic E-state index is 0.702. The zero-order valence-corrected chi connectivity index (χ0v) is 24.8. The summed E-state index contributed by atoms with van der Waals surface area (Å²) in [5, 5.41) is 10.1. The number of imidazole rings is 1. The second-order valence-corrected chi connectivity index (χ2v) is 11.9. The molecule has 46 heavy (non-hydrogen) atoms. The maximum absolute atomic E-state index is 4.74. The van der Waals surface area contributed by atoms with Crippen LogP contribution in [0.3, 0.4) is 0 Å². The highest BCUT2D eigenvalue weighted by Crippen LogP contribution is 2.46. The third-order valence-electron chi connectivity index (χ3n) is 9.38. The Morgan fingerprint density at radius 3 is 1.91 bits per heavy atom. The van der Waals surface area contributed by atoms with E-state index < -0.39 is 0 Å². The van der Waals surface area contributed by atoms with Gasteiger partial charge in [0.1, 0.15) is 0 Å². The van der Waals surface area contributed by atoms with Gasteiger partial charge in [-0.05, 0) is 68.4 Å². The summed E-state index contributed by atoms with van der Waals surface area (Å²) in [4.78, 5) is 9.13. The van der Waals surface area contributed by atoms with E-state index in [0.29, 0.717) is 5.78 Å². The van der Waals surface area contributed by atoms with Crippen LogP contribution in [-0.2, 0) is 0 Å². The Morgan fingerprint density at radius 1 is 0.500 bits per heavy atom. The molecule has 0 saturated carbocycles. The van der Waals surface area contributed by atoms with Gasteiger partial charge in [0, 0.05) is 46.0 Å². The Kier molecular flexibility index (Phi) is 5.25. The number of aromatic nitrogens is 4. The Bertz CT molecular complexity index is 2750. The fourth-order valence-electron chi connectivity index (χ4n) is 7.40. The summed E-state index contributed by atoms with van der Waals surface area (Å²) >= 11 is 0. The third kappa shape index (κ3) is 3.55. The molecule has 0 amide bonds. The van der Waals surface area contributed by atoms with Crippen molar-refractivity contribution in [3.05, 3.63) is 158 Å². The highest BCUT2D eigenvalue weighted by Gasteiger charge is 2.21. The maximum atomic E-state index is 4.74. The lowest BCUT2D eigenvalue weighted by molar-refractivity contribution is 1.11. The molecule has 0 fully saturated rings. The van der Waals surface area contributed by atoms with Crippen LogP contribution in [0.15, 0.2) is 158 Å². The van der Waals surface area contributed by atoms with E-state index in [-0.39, 0.29) is 0 Å². The van der Waals surface area contributed by atoms with Crippen LogP contribution in [0.2, 0.25) is 0 Å². The van der Waals surface area contributed by atoms with Gasteiger partial charge in [0.15, 0.2) is 0 Å². The number of para-hydroxylation sites is 2. The molecule has 3 aromatic heterocycles. The second-order valence-electron chi connectivity index (χ2n) is 11.9. The van der Waals surface area contributed by atoms with Crippen molar-refractivity contribution in [1.82, 2.24) is 18.9 Å². The molecule has 0 spiro atoms. The first-order valence-electron chi connectivity index (χ1n) is 15.6. The Balaban J connectivity index is 1.31. The molecule has 0 bridgehead atoms. The van der Waals surface area contributed by atoms with Crippen LogP contribution in [0, 0.1) is 0 Å². The highest BCUT2D eigenvalue weighted by molar-refractivity contribution is 6.37. The summed E-state index contributed by atoms with van der Waals surface area (Å²) in [5.41, 5.74) is 8.01. The first-order chi connectivity index (χ1) is 22.8. The number of rotatable bonds is 3. The van der Waals surface area contributed by atoms with Crippen LogP contribution in [0.1, 0.15) is 0 Å². The minimum atomic E-state index is 0.702. The van der Waals surface area contributed by atoms with Gasteiger partial charge in [0.2, 0.25) is 5.78 Å². The van der Waals surface area contributed by atoms with E-state index in [1.54, 1.807) is 6.20 Å². The van der Waals surface area contributed by atoms with Crippen molar-refractivity contribution < 1.29 is 0 Å². The van der Waals surface area contributed by atoms with Crippen molar-refractivity contribution in [3.63, 3.8) is 0 Å². The molecule has 10 aromatic rings. The average Bonchev–Trinajstić information content (AvgIpc) is 3.72. The molecule has 0 aliphatic heterocycles. The van der Waals surface area contributed by atoms with Crippen LogP contribution in [-0.4, -0.2) is 18.9 Å². The van der Waals surface area contributed by atoms with Crippen molar-refractivity contribution >= 4 is 59.9 Å². The standard InChI is InChI=1S/C42H26N4/c1-2-11-29(12-3-1)46-38-18-9-8-17-34(38)39-33-16-7-5-14-31(33)36-25-35(30-13-4-6-15-32(30)40(36)41(39)46)27-19-21-28(22-20-27)37-26-45-24-10-23-43-42(45)44-37/h1-26H. The fourth-order valence-corrected chi connectivity index (χ4v) is 7.40. The fraction of sp³-hybridized carbons (Fsp3) is 0. The first-order valence-corrected chi connectivity index (χ1v) is 15.6. The minimum Gasteiger partial charge on any atom is -0.309 e. The van der Waals surface area contributed by atoms with E-state index in [1.807, 2.05) is 22.9 Å². The van der Waals surface area contributed by atoms with Crippen LogP contribution < -0.4 is 0 Å². The molecular weight excluding hydrogens is 560 g/mol. The van der Waals surface area contributed by atoms with Crippen LogP contribution in [0.25, 0.3) is 88.0 Å². The lowest BCUT2D eigenvalue weighted by Crippen LogP contribution is -1.95. The predicted molar refractivity (Wildman–Crippen MR) is 191 cm³/mol. The van der Waals surface area contributed by atoms with Crippen molar-refractivity contribution in [3.8, 4) is 28.1 Å². The molecule has 10 rings (SSSR count). The maximum Gasteiger partial charge on any atom is 0.234 e. The van der Waals surface area contributed by atoms with Crippen LogP contribution in [0.5, 0.6) is 0 Å². The molecule has 0 aliphatic rings. The van der Waals surface area contributed by atoms with Gasteiger partial charge in [-0.2, -0.15) is 0 Å². The summed E-state index contributed by atoms with van der Waals surface area (Å²) in [6.45, 7) is 0. The van der Waals surface area contributed by atoms with E-state index in [1.165, 1.54) is 65.3 Å². The summed E-state index contributed by atoms with van der Waals surface area (Å²) in [7, 11) is 0. The van der Waals surface area contributed by atoms with Crippen LogP contribution >= 0.6 is 0 Å². The molecule has 4 nitrogen and oxygen atoms in total. The normalized spacial score (nSPS) is 11.9. The van der Waals surface area contributed by atoms with Gasteiger partial charge in [-0.1, -0.05) is 109 Å². The molecule has 0 N–H and O–H groups in total. The lowest BCUT2D eigenvalue weighted by atomic mass is 9.88. The summed E-state index contributed by atoms with van der Waals surface area (Å²) in [6, 6.07) is 50.5. The van der Waals surface area contributed by atoms with Crippen molar-refractivity contribution in [2.75, 3.05) is 0 Å². The summed E-state index contributed by atoms with van der Waals surface area (Å²) in [6.07, 6.45) is 5.79. The highest BCUT2D eigenvalue weighted by atomic mass is 15.1. The Morgan fingerprint density at radius 2 is 1.13 bits per heavy atom. The van der Waals surface area contributed by atoms with Gasteiger partial charge < -0.3 is 4.57 Å². The molecule has 0 aliphatic carbocycles. The zero-order valence-electron chi connectivity index (χ0n) is 24.8. The molecule has 0 saturated heterocycles. The molecule has 0 unspecified atom stereocenters. The second kappa shape index (κ2) is 9.62. The molecule has 214 valence electrons. The SMILES string of the molecule is c1ccc(-n2c3ccccc3c3c4ccccc4c4cc(-c5ccc(-c6cn7cccnc7n6)cc5)c5ccccc5c4c32)cc1. The van der Waals surface area contributed by atoms with E-state index in [9.17, 15) is 0 Å². The van der Waals surface area contributed by atoms with E-state index >= 15 is 0 Å². The smallest absolute Gasteiger partial charge is 0.234 e. The van der Waals surface area contributed by atoms with E-state index in [4.69, 9.17) is 4.98 Å². The first kappa shape index (κ1) is 25.1. The molecular formula is C42H26N4.